The summed E-state index contributed by atoms with van der Waals surface area (Å²) in [6.45, 7) is 2.56. The van der Waals surface area contributed by atoms with Gasteiger partial charge in [0.2, 0.25) is 0 Å². The van der Waals surface area contributed by atoms with Crippen molar-refractivity contribution in [3.8, 4) is 0 Å². The van der Waals surface area contributed by atoms with Crippen LogP contribution in [0.4, 0.5) is 0 Å². The summed E-state index contributed by atoms with van der Waals surface area (Å²) in [5.74, 6) is 0. The molecule has 1 unspecified atom stereocenters. The van der Waals surface area contributed by atoms with Crippen molar-refractivity contribution in [3.05, 3.63) is 0 Å². The van der Waals surface area contributed by atoms with Crippen molar-refractivity contribution >= 4 is 0 Å². The van der Waals surface area contributed by atoms with E-state index in [0.717, 1.165) is 32.5 Å². The van der Waals surface area contributed by atoms with Gasteiger partial charge in [-0.05, 0) is 33.5 Å². The molecule has 0 amide bonds. The van der Waals surface area contributed by atoms with Gasteiger partial charge in [0.05, 0.1) is 5.60 Å². The van der Waals surface area contributed by atoms with Crippen molar-refractivity contribution in [1.29, 1.82) is 0 Å². The van der Waals surface area contributed by atoms with E-state index in [1.165, 1.54) is 0 Å². The van der Waals surface area contributed by atoms with E-state index in [2.05, 4.69) is 5.32 Å². The minimum atomic E-state index is -0.484. The molecule has 1 fully saturated rings. The van der Waals surface area contributed by atoms with Gasteiger partial charge in [0.15, 0.2) is 0 Å². The molecule has 1 aliphatic rings. The van der Waals surface area contributed by atoms with Crippen LogP contribution in [0.3, 0.4) is 0 Å². The largest absolute Gasteiger partial charge is 0.387 e. The molecule has 11 heavy (non-hydrogen) atoms. The maximum atomic E-state index is 9.94. The molecule has 0 aromatic heterocycles. The summed E-state index contributed by atoms with van der Waals surface area (Å²) in [5.41, 5.74) is -0.484. The molecule has 1 rings (SSSR count). The van der Waals surface area contributed by atoms with Gasteiger partial charge in [-0.2, -0.15) is 0 Å². The Morgan fingerprint density at radius 1 is 1.55 bits per heavy atom. The second-order valence-electron chi connectivity index (χ2n) is 3.74. The highest BCUT2D eigenvalue weighted by Gasteiger charge is 2.29. The summed E-state index contributed by atoms with van der Waals surface area (Å²) in [6, 6.07) is 0. The second-order valence-corrected chi connectivity index (χ2v) is 3.74. The van der Waals surface area contributed by atoms with Crippen molar-refractivity contribution in [3.63, 3.8) is 0 Å². The van der Waals surface area contributed by atoms with E-state index in [9.17, 15) is 5.11 Å². The van der Waals surface area contributed by atoms with Crippen molar-refractivity contribution in [2.75, 3.05) is 33.7 Å². The first-order valence-electron chi connectivity index (χ1n) is 4.20. The van der Waals surface area contributed by atoms with Gasteiger partial charge in [-0.1, -0.05) is 0 Å². The van der Waals surface area contributed by atoms with E-state index >= 15 is 0 Å². The molecule has 1 saturated heterocycles. The van der Waals surface area contributed by atoms with Gasteiger partial charge < -0.3 is 15.3 Å². The molecule has 1 atom stereocenters. The van der Waals surface area contributed by atoms with Crippen LogP contribution in [0.5, 0.6) is 0 Å². The van der Waals surface area contributed by atoms with Crippen molar-refractivity contribution in [2.24, 2.45) is 0 Å². The Morgan fingerprint density at radius 3 is 2.73 bits per heavy atom. The third-order valence-corrected chi connectivity index (χ3v) is 2.06. The van der Waals surface area contributed by atoms with Crippen molar-refractivity contribution < 1.29 is 5.11 Å². The number of likely N-dealkylation sites (N-methyl/N-ethyl adjacent to an activating group) is 1. The lowest BCUT2D eigenvalue weighted by atomic mass is 9.94. The number of piperidine rings is 1. The van der Waals surface area contributed by atoms with Crippen LogP contribution in [0.2, 0.25) is 0 Å². The Balaban J connectivity index is 2.37. The predicted octanol–water partition coefficient (Wildman–Crippen LogP) is -0.338. The van der Waals surface area contributed by atoms with Crippen LogP contribution in [-0.2, 0) is 0 Å². The minimum Gasteiger partial charge on any atom is -0.387 e. The van der Waals surface area contributed by atoms with E-state index in [0.29, 0.717) is 0 Å². The number of hydrogen-bond acceptors (Lipinski definition) is 3. The molecule has 0 aromatic carbocycles. The minimum absolute atomic E-state index is 0.484. The van der Waals surface area contributed by atoms with E-state index in [4.69, 9.17) is 0 Å². The molecule has 0 radical (unpaired) electrons. The molecule has 0 aliphatic carbocycles. The molecule has 66 valence electrons. The smallest absolute Gasteiger partial charge is 0.0897 e. The van der Waals surface area contributed by atoms with E-state index < -0.39 is 5.60 Å². The normalized spacial score (nSPS) is 32.7. The Kier molecular flexibility index (Phi) is 2.87. The molecule has 3 nitrogen and oxygen atoms in total. The summed E-state index contributed by atoms with van der Waals surface area (Å²) in [6.07, 6.45) is 2.02. The fraction of sp³-hybridized carbons (Fsp3) is 1.00. The predicted molar refractivity (Wildman–Crippen MR) is 45.6 cm³/mol. The SMILES string of the molecule is CN(C)CC1(O)CCCNC1. The summed E-state index contributed by atoms with van der Waals surface area (Å²) in [7, 11) is 3.99. The van der Waals surface area contributed by atoms with Gasteiger partial charge in [-0.15, -0.1) is 0 Å². The number of nitrogens with one attached hydrogen (secondary N) is 1. The number of nitrogens with zero attached hydrogens (tertiary/aromatic N) is 1. The van der Waals surface area contributed by atoms with Gasteiger partial charge in [0.1, 0.15) is 0 Å². The molecule has 1 heterocycles. The van der Waals surface area contributed by atoms with Gasteiger partial charge in [0.25, 0.3) is 0 Å². The van der Waals surface area contributed by atoms with Crippen LogP contribution in [0.25, 0.3) is 0 Å². The summed E-state index contributed by atoms with van der Waals surface area (Å²) in [4.78, 5) is 2.03. The zero-order valence-electron chi connectivity index (χ0n) is 7.43. The average Bonchev–Trinajstić information content (AvgIpc) is 1.85. The highest BCUT2D eigenvalue weighted by Crippen LogP contribution is 2.15. The molecular weight excluding hydrogens is 140 g/mol. The van der Waals surface area contributed by atoms with Gasteiger partial charge in [-0.25, -0.2) is 0 Å². The highest BCUT2D eigenvalue weighted by atomic mass is 16.3. The maximum Gasteiger partial charge on any atom is 0.0897 e. The number of hydrogen-bond donors (Lipinski definition) is 2. The topological polar surface area (TPSA) is 35.5 Å². The lowest BCUT2D eigenvalue weighted by Crippen LogP contribution is -2.51. The summed E-state index contributed by atoms with van der Waals surface area (Å²) in [5, 5.41) is 13.1. The van der Waals surface area contributed by atoms with Crippen LogP contribution < -0.4 is 5.32 Å². The maximum absolute atomic E-state index is 9.94. The Morgan fingerprint density at radius 2 is 2.27 bits per heavy atom. The Labute approximate surface area is 68.4 Å². The van der Waals surface area contributed by atoms with Crippen LogP contribution >= 0.6 is 0 Å². The van der Waals surface area contributed by atoms with Crippen LogP contribution in [0.1, 0.15) is 12.8 Å². The van der Waals surface area contributed by atoms with Crippen molar-refractivity contribution in [1.82, 2.24) is 10.2 Å². The molecular formula is C8H18N2O. The van der Waals surface area contributed by atoms with Gasteiger partial charge >= 0.3 is 0 Å². The van der Waals surface area contributed by atoms with Crippen molar-refractivity contribution in [2.45, 2.75) is 18.4 Å². The first kappa shape index (κ1) is 8.97. The van der Waals surface area contributed by atoms with E-state index in [-0.39, 0.29) is 0 Å². The fourth-order valence-electron chi connectivity index (χ4n) is 1.68. The number of β-amino-alcohol motifs (C(OH)–C–C–N with tert-alkyl or cyclic N) is 1. The van der Waals surface area contributed by atoms with Gasteiger partial charge in [0, 0.05) is 13.1 Å². The first-order chi connectivity index (χ1) is 5.12. The van der Waals surface area contributed by atoms with E-state index in [1.807, 2.05) is 19.0 Å². The summed E-state index contributed by atoms with van der Waals surface area (Å²) < 4.78 is 0. The lowest BCUT2D eigenvalue weighted by Gasteiger charge is -2.34. The Hall–Kier alpha value is -0.120. The quantitative estimate of drug-likeness (QED) is 0.577. The third-order valence-electron chi connectivity index (χ3n) is 2.06. The highest BCUT2D eigenvalue weighted by molar-refractivity contribution is 4.86. The monoisotopic (exact) mass is 158 g/mol. The van der Waals surface area contributed by atoms with Gasteiger partial charge in [-0.3, -0.25) is 0 Å². The third kappa shape index (κ3) is 2.77. The van der Waals surface area contributed by atoms with Crippen LogP contribution in [-0.4, -0.2) is 49.3 Å². The standard InChI is InChI=1S/C8H18N2O/c1-10(2)7-8(11)4-3-5-9-6-8/h9,11H,3-7H2,1-2H3. The molecule has 0 aromatic rings. The zero-order valence-corrected chi connectivity index (χ0v) is 7.43. The molecule has 1 aliphatic heterocycles. The fourth-order valence-corrected chi connectivity index (χ4v) is 1.68. The summed E-state index contributed by atoms with van der Waals surface area (Å²) >= 11 is 0. The molecule has 0 bridgehead atoms. The molecule has 3 heteroatoms. The lowest BCUT2D eigenvalue weighted by molar-refractivity contribution is -0.00457. The Bertz CT molecular complexity index is 119. The average molecular weight is 158 g/mol. The van der Waals surface area contributed by atoms with Crippen LogP contribution in [0, 0.1) is 0 Å². The number of rotatable bonds is 2. The zero-order chi connectivity index (χ0) is 8.32. The second kappa shape index (κ2) is 3.52. The molecule has 0 saturated carbocycles. The van der Waals surface area contributed by atoms with E-state index in [1.54, 1.807) is 0 Å². The van der Waals surface area contributed by atoms with Crippen LogP contribution in [0.15, 0.2) is 0 Å². The number of aliphatic hydroxyl groups is 1. The molecule has 0 spiro atoms. The molecule has 2 N–H and O–H groups in total. The first-order valence-corrected chi connectivity index (χ1v) is 4.20.